The molecule has 4 fully saturated rings. The highest BCUT2D eigenvalue weighted by Crippen LogP contribution is 2.48. The molecule has 0 radical (unpaired) electrons. The van der Waals surface area contributed by atoms with Crippen LogP contribution in [0, 0.1) is 11.3 Å². The number of fused-ring (bicyclic) bond motifs is 1. The van der Waals surface area contributed by atoms with Gasteiger partial charge in [-0.2, -0.15) is 5.10 Å². The van der Waals surface area contributed by atoms with E-state index in [1.807, 2.05) is 4.90 Å². The Morgan fingerprint density at radius 2 is 2.00 bits per heavy atom. The first-order valence-corrected chi connectivity index (χ1v) is 11.6. The maximum atomic E-state index is 13.6. The standard InChI is InChI=1S/C22H33N5O3/c28-20(19-5-8-23-25-19)27-9-6-16-14-18(26-10-12-30-13-11-26)4-7-22(16,15-27)21(29)24-17-2-1-3-17/h5,8,16-18H,1-4,6-7,9-15H2,(H,23,25)(H,24,29)/t16-,18-,22-/m1/s1. The second-order valence-electron chi connectivity index (χ2n) is 9.52. The highest BCUT2D eigenvalue weighted by molar-refractivity contribution is 5.93. The van der Waals surface area contributed by atoms with Crippen molar-refractivity contribution in [3.8, 4) is 0 Å². The quantitative estimate of drug-likeness (QED) is 0.776. The number of hydrogen-bond donors (Lipinski definition) is 2. The highest BCUT2D eigenvalue weighted by atomic mass is 16.5. The van der Waals surface area contributed by atoms with Crippen LogP contribution in [0.2, 0.25) is 0 Å². The summed E-state index contributed by atoms with van der Waals surface area (Å²) in [5.74, 6) is 0.460. The smallest absolute Gasteiger partial charge is 0.271 e. The molecule has 0 spiro atoms. The van der Waals surface area contributed by atoms with E-state index in [1.54, 1.807) is 12.3 Å². The van der Waals surface area contributed by atoms with Crippen molar-refractivity contribution < 1.29 is 14.3 Å². The van der Waals surface area contributed by atoms with Crippen LogP contribution in [-0.4, -0.2) is 83.3 Å². The fourth-order valence-corrected chi connectivity index (χ4v) is 5.88. The zero-order chi connectivity index (χ0) is 20.6. The number of aromatic amines is 1. The van der Waals surface area contributed by atoms with Gasteiger partial charge in [-0.05, 0) is 56.9 Å². The fraction of sp³-hybridized carbons (Fsp3) is 0.773. The molecule has 3 atom stereocenters. The Labute approximate surface area is 177 Å². The van der Waals surface area contributed by atoms with Gasteiger partial charge < -0.3 is 15.0 Å². The Hall–Kier alpha value is -1.93. The SMILES string of the molecule is O=C(c1ccn[nH]1)N1CC[C@@H]2C[C@H](N3CCOCC3)CC[C@@]2(C(=O)NC2CCC2)C1. The van der Waals surface area contributed by atoms with Crippen LogP contribution in [0.5, 0.6) is 0 Å². The van der Waals surface area contributed by atoms with Crippen LogP contribution in [0.3, 0.4) is 0 Å². The number of likely N-dealkylation sites (tertiary alicyclic amines) is 1. The largest absolute Gasteiger partial charge is 0.379 e. The van der Waals surface area contributed by atoms with Crippen molar-refractivity contribution in [3.05, 3.63) is 18.0 Å². The Kier molecular flexibility index (Phi) is 5.54. The maximum absolute atomic E-state index is 13.6. The van der Waals surface area contributed by atoms with E-state index in [2.05, 4.69) is 20.4 Å². The third-order valence-corrected chi connectivity index (χ3v) is 7.96. The number of amides is 2. The lowest BCUT2D eigenvalue weighted by atomic mass is 9.60. The predicted octanol–water partition coefficient (Wildman–Crippen LogP) is 1.41. The van der Waals surface area contributed by atoms with Crippen LogP contribution in [0.15, 0.2) is 12.3 Å². The number of nitrogens with one attached hydrogen (secondary N) is 2. The normalized spacial score (nSPS) is 32.9. The molecule has 2 saturated carbocycles. The first kappa shape index (κ1) is 20.0. The summed E-state index contributed by atoms with van der Waals surface area (Å²) < 4.78 is 5.54. The number of aromatic nitrogens is 2. The molecular formula is C22H33N5O3. The predicted molar refractivity (Wildman–Crippen MR) is 111 cm³/mol. The average Bonchev–Trinajstić information content (AvgIpc) is 3.30. The Morgan fingerprint density at radius 3 is 2.70 bits per heavy atom. The van der Waals surface area contributed by atoms with Gasteiger partial charge in [-0.15, -0.1) is 0 Å². The molecule has 1 aromatic heterocycles. The summed E-state index contributed by atoms with van der Waals surface area (Å²) in [7, 11) is 0. The molecular weight excluding hydrogens is 382 g/mol. The number of carbonyl (C=O) groups excluding carboxylic acids is 2. The van der Waals surface area contributed by atoms with Crippen molar-refractivity contribution in [2.45, 2.75) is 57.0 Å². The minimum absolute atomic E-state index is 0.0444. The summed E-state index contributed by atoms with van der Waals surface area (Å²) in [5, 5.41) is 10.0. The number of ether oxygens (including phenoxy) is 1. The van der Waals surface area contributed by atoms with Gasteiger partial charge in [0.05, 0.1) is 18.6 Å². The molecule has 8 nitrogen and oxygen atoms in total. The number of nitrogens with zero attached hydrogens (tertiary/aromatic N) is 3. The molecule has 0 aromatic carbocycles. The summed E-state index contributed by atoms with van der Waals surface area (Å²) in [5.41, 5.74) is 0.0387. The van der Waals surface area contributed by atoms with Crippen molar-refractivity contribution >= 4 is 11.8 Å². The van der Waals surface area contributed by atoms with Gasteiger partial charge >= 0.3 is 0 Å². The van der Waals surface area contributed by atoms with Crippen LogP contribution in [0.1, 0.15) is 55.4 Å². The average molecular weight is 416 g/mol. The van der Waals surface area contributed by atoms with Crippen molar-refractivity contribution in [2.24, 2.45) is 11.3 Å². The van der Waals surface area contributed by atoms with Gasteiger partial charge in [0.25, 0.3) is 5.91 Å². The zero-order valence-electron chi connectivity index (χ0n) is 17.6. The van der Waals surface area contributed by atoms with Gasteiger partial charge in [-0.3, -0.25) is 19.6 Å². The molecule has 0 unspecified atom stereocenters. The molecule has 4 aliphatic rings. The Bertz CT molecular complexity index is 759. The van der Waals surface area contributed by atoms with E-state index < -0.39 is 5.41 Å². The summed E-state index contributed by atoms with van der Waals surface area (Å²) in [6.07, 6.45) is 8.77. The molecule has 2 saturated heterocycles. The molecule has 0 bridgehead atoms. The Balaban J connectivity index is 1.35. The van der Waals surface area contributed by atoms with Crippen LogP contribution in [-0.2, 0) is 9.53 Å². The monoisotopic (exact) mass is 415 g/mol. The third kappa shape index (κ3) is 3.64. The van der Waals surface area contributed by atoms with Gasteiger partial charge in [0.15, 0.2) is 0 Å². The molecule has 3 heterocycles. The molecule has 2 N–H and O–H groups in total. The lowest BCUT2D eigenvalue weighted by Crippen LogP contribution is -2.62. The van der Waals surface area contributed by atoms with Crippen molar-refractivity contribution in [3.63, 3.8) is 0 Å². The van der Waals surface area contributed by atoms with E-state index in [0.717, 1.165) is 64.8 Å². The zero-order valence-corrected chi connectivity index (χ0v) is 17.6. The second-order valence-corrected chi connectivity index (χ2v) is 9.52. The first-order valence-electron chi connectivity index (χ1n) is 11.6. The molecule has 1 aromatic rings. The molecule has 5 rings (SSSR count). The van der Waals surface area contributed by atoms with Crippen molar-refractivity contribution in [1.29, 1.82) is 0 Å². The van der Waals surface area contributed by atoms with E-state index in [0.29, 0.717) is 36.8 Å². The van der Waals surface area contributed by atoms with Gasteiger partial charge in [0.1, 0.15) is 5.69 Å². The van der Waals surface area contributed by atoms with Gasteiger partial charge in [0.2, 0.25) is 5.91 Å². The van der Waals surface area contributed by atoms with Crippen LogP contribution in [0.25, 0.3) is 0 Å². The summed E-state index contributed by atoms with van der Waals surface area (Å²) in [4.78, 5) is 31.0. The summed E-state index contributed by atoms with van der Waals surface area (Å²) in [6, 6.07) is 2.56. The molecule has 2 amide bonds. The topological polar surface area (TPSA) is 90.6 Å². The minimum Gasteiger partial charge on any atom is -0.379 e. The second kappa shape index (κ2) is 8.30. The highest BCUT2D eigenvalue weighted by Gasteiger charge is 2.53. The number of morpholine rings is 1. The van der Waals surface area contributed by atoms with Gasteiger partial charge in [-0.1, -0.05) is 0 Å². The fourth-order valence-electron chi connectivity index (χ4n) is 5.88. The van der Waals surface area contributed by atoms with Gasteiger partial charge in [0, 0.05) is 44.5 Å². The molecule has 2 aliphatic carbocycles. The lowest BCUT2D eigenvalue weighted by molar-refractivity contribution is -0.145. The van der Waals surface area contributed by atoms with Crippen LogP contribution in [0.4, 0.5) is 0 Å². The molecule has 164 valence electrons. The Morgan fingerprint density at radius 1 is 1.17 bits per heavy atom. The first-order chi connectivity index (χ1) is 14.7. The van der Waals surface area contributed by atoms with E-state index in [1.165, 1.54) is 6.42 Å². The molecule has 30 heavy (non-hydrogen) atoms. The van der Waals surface area contributed by atoms with E-state index in [-0.39, 0.29) is 11.8 Å². The van der Waals surface area contributed by atoms with Crippen LogP contribution >= 0.6 is 0 Å². The number of piperidine rings is 1. The minimum atomic E-state index is -0.466. The maximum Gasteiger partial charge on any atom is 0.271 e. The lowest BCUT2D eigenvalue weighted by Gasteiger charge is -2.53. The van der Waals surface area contributed by atoms with E-state index >= 15 is 0 Å². The molecule has 8 heteroatoms. The summed E-state index contributed by atoms with van der Waals surface area (Å²) in [6.45, 7) is 4.81. The van der Waals surface area contributed by atoms with E-state index in [9.17, 15) is 9.59 Å². The third-order valence-electron chi connectivity index (χ3n) is 7.96. The summed E-state index contributed by atoms with van der Waals surface area (Å²) >= 11 is 0. The number of carbonyl (C=O) groups is 2. The van der Waals surface area contributed by atoms with Crippen molar-refractivity contribution in [2.75, 3.05) is 39.4 Å². The van der Waals surface area contributed by atoms with E-state index in [4.69, 9.17) is 4.74 Å². The van der Waals surface area contributed by atoms with Gasteiger partial charge in [-0.25, -0.2) is 0 Å². The molecule has 2 aliphatic heterocycles. The number of H-pyrrole nitrogens is 1. The number of rotatable bonds is 4. The number of hydrogen-bond acceptors (Lipinski definition) is 5. The van der Waals surface area contributed by atoms with Crippen molar-refractivity contribution in [1.82, 2.24) is 25.3 Å². The van der Waals surface area contributed by atoms with Crippen LogP contribution < -0.4 is 5.32 Å².